The fourth-order valence-electron chi connectivity index (χ4n) is 4.11. The molecule has 6 nitrogen and oxygen atoms in total. The first-order valence-corrected chi connectivity index (χ1v) is 10.4. The topological polar surface area (TPSA) is 71.0 Å². The van der Waals surface area contributed by atoms with Crippen LogP contribution in [-0.4, -0.2) is 41.1 Å². The number of nitrogens with zero attached hydrogens (tertiary/aromatic N) is 2. The van der Waals surface area contributed by atoms with Crippen molar-refractivity contribution in [2.75, 3.05) is 13.1 Å². The molecule has 0 bridgehead atoms. The third-order valence-electron chi connectivity index (χ3n) is 5.88. The SMILES string of the molecule is Cc1ccc(CNC(=O)C2=NOC3(CCCN(C(=O)c4ccccc4C)C3)C2)cc1. The number of carbonyl (C=O) groups is 2. The van der Waals surface area contributed by atoms with Crippen LogP contribution in [0.5, 0.6) is 0 Å². The van der Waals surface area contributed by atoms with Crippen molar-refractivity contribution >= 4 is 17.5 Å². The van der Waals surface area contributed by atoms with Gasteiger partial charge in [-0.2, -0.15) is 0 Å². The first-order valence-electron chi connectivity index (χ1n) is 10.4. The molecule has 2 aliphatic heterocycles. The van der Waals surface area contributed by atoms with Gasteiger partial charge in [-0.3, -0.25) is 9.59 Å². The standard InChI is InChI=1S/C24H27N3O3/c1-17-8-10-19(11-9-17)15-25-22(28)21-14-24(30-26-21)12-5-13-27(16-24)23(29)20-7-4-3-6-18(20)2/h3-4,6-11H,5,12-16H2,1-2H3,(H,25,28). The predicted octanol–water partition coefficient (Wildman–Crippen LogP) is 3.37. The molecule has 1 fully saturated rings. The van der Waals surface area contributed by atoms with Crippen molar-refractivity contribution in [2.24, 2.45) is 5.16 Å². The van der Waals surface area contributed by atoms with E-state index in [9.17, 15) is 9.59 Å². The molecule has 30 heavy (non-hydrogen) atoms. The molecule has 156 valence electrons. The summed E-state index contributed by atoms with van der Waals surface area (Å²) in [6, 6.07) is 15.7. The lowest BCUT2D eigenvalue weighted by Gasteiger charge is -2.38. The molecule has 0 aromatic heterocycles. The lowest BCUT2D eigenvalue weighted by atomic mass is 9.87. The molecule has 1 unspecified atom stereocenters. The van der Waals surface area contributed by atoms with Crippen molar-refractivity contribution in [1.82, 2.24) is 10.2 Å². The fraction of sp³-hybridized carbons (Fsp3) is 0.375. The summed E-state index contributed by atoms with van der Waals surface area (Å²) in [4.78, 5) is 33.2. The fourth-order valence-corrected chi connectivity index (χ4v) is 4.11. The van der Waals surface area contributed by atoms with Gasteiger partial charge in [-0.25, -0.2) is 0 Å². The van der Waals surface area contributed by atoms with Crippen LogP contribution < -0.4 is 5.32 Å². The lowest BCUT2D eigenvalue weighted by Crippen LogP contribution is -2.51. The number of piperidine rings is 1. The number of benzene rings is 2. The zero-order chi connectivity index (χ0) is 21.1. The van der Waals surface area contributed by atoms with E-state index in [1.54, 1.807) is 0 Å². The van der Waals surface area contributed by atoms with Gasteiger partial charge in [-0.15, -0.1) is 0 Å². The Balaban J connectivity index is 1.37. The monoisotopic (exact) mass is 405 g/mol. The minimum atomic E-state index is -0.604. The molecular weight excluding hydrogens is 378 g/mol. The van der Waals surface area contributed by atoms with E-state index < -0.39 is 5.60 Å². The second-order valence-corrected chi connectivity index (χ2v) is 8.30. The van der Waals surface area contributed by atoms with Gasteiger partial charge < -0.3 is 15.1 Å². The smallest absolute Gasteiger partial charge is 0.269 e. The van der Waals surface area contributed by atoms with Crippen molar-refractivity contribution in [1.29, 1.82) is 0 Å². The van der Waals surface area contributed by atoms with Gasteiger partial charge in [-0.1, -0.05) is 53.2 Å². The number of amides is 2. The Kier molecular flexibility index (Phi) is 5.57. The molecule has 4 rings (SSSR count). The van der Waals surface area contributed by atoms with Gasteiger partial charge in [0.05, 0.1) is 6.54 Å². The van der Waals surface area contributed by atoms with Crippen molar-refractivity contribution in [3.05, 3.63) is 70.8 Å². The maximum absolute atomic E-state index is 13.0. The quantitative estimate of drug-likeness (QED) is 0.848. The first-order chi connectivity index (χ1) is 14.5. The molecule has 2 amide bonds. The van der Waals surface area contributed by atoms with Crippen LogP contribution >= 0.6 is 0 Å². The Bertz CT molecular complexity index is 983. The summed E-state index contributed by atoms with van der Waals surface area (Å²) in [5.74, 6) is -0.206. The Hall–Kier alpha value is -3.15. The highest BCUT2D eigenvalue weighted by atomic mass is 16.7. The van der Waals surface area contributed by atoms with Crippen molar-refractivity contribution in [3.63, 3.8) is 0 Å². The number of oxime groups is 1. The Morgan fingerprint density at radius 2 is 1.90 bits per heavy atom. The molecule has 0 aliphatic carbocycles. The molecule has 6 heteroatoms. The van der Waals surface area contributed by atoms with Crippen LogP contribution in [0.2, 0.25) is 0 Å². The summed E-state index contributed by atoms with van der Waals surface area (Å²) in [7, 11) is 0. The Labute approximate surface area is 176 Å². The number of likely N-dealkylation sites (tertiary alicyclic amines) is 1. The summed E-state index contributed by atoms with van der Waals surface area (Å²) in [5.41, 5.74) is 3.69. The van der Waals surface area contributed by atoms with Gasteiger partial charge in [0.15, 0.2) is 5.60 Å². The Morgan fingerprint density at radius 3 is 2.67 bits per heavy atom. The summed E-state index contributed by atoms with van der Waals surface area (Å²) >= 11 is 0. The van der Waals surface area contributed by atoms with Gasteiger partial charge >= 0.3 is 0 Å². The van der Waals surface area contributed by atoms with Crippen LogP contribution in [0.25, 0.3) is 0 Å². The maximum Gasteiger partial charge on any atom is 0.269 e. The zero-order valence-corrected chi connectivity index (χ0v) is 17.5. The van der Waals surface area contributed by atoms with Crippen molar-refractivity contribution in [2.45, 2.75) is 45.3 Å². The van der Waals surface area contributed by atoms with E-state index in [0.29, 0.717) is 37.3 Å². The number of carbonyl (C=O) groups excluding carboxylic acids is 2. The highest BCUT2D eigenvalue weighted by molar-refractivity contribution is 6.39. The summed E-state index contributed by atoms with van der Waals surface area (Å²) < 4.78 is 0. The van der Waals surface area contributed by atoms with Crippen LogP contribution in [0.4, 0.5) is 0 Å². The molecule has 1 spiro atoms. The highest BCUT2D eigenvalue weighted by Gasteiger charge is 2.45. The largest absolute Gasteiger partial charge is 0.386 e. The van der Waals surface area contributed by atoms with Gasteiger partial charge in [0.2, 0.25) is 0 Å². The minimum Gasteiger partial charge on any atom is -0.386 e. The predicted molar refractivity (Wildman–Crippen MR) is 115 cm³/mol. The molecule has 2 aromatic rings. The summed E-state index contributed by atoms with van der Waals surface area (Å²) in [6.45, 7) is 5.55. The summed E-state index contributed by atoms with van der Waals surface area (Å²) in [6.07, 6.45) is 2.03. The first kappa shape index (κ1) is 20.1. The summed E-state index contributed by atoms with van der Waals surface area (Å²) in [5, 5.41) is 7.01. The van der Waals surface area contributed by atoms with Crippen LogP contribution in [-0.2, 0) is 16.2 Å². The van der Waals surface area contributed by atoms with E-state index >= 15 is 0 Å². The van der Waals surface area contributed by atoms with Gasteiger partial charge in [-0.05, 0) is 43.9 Å². The maximum atomic E-state index is 13.0. The van der Waals surface area contributed by atoms with Crippen LogP contribution in [0.15, 0.2) is 53.7 Å². The minimum absolute atomic E-state index is 0.00745. The average Bonchev–Trinajstić information content (AvgIpc) is 3.16. The van der Waals surface area contributed by atoms with Crippen molar-refractivity contribution in [3.8, 4) is 0 Å². The number of nitrogens with one attached hydrogen (secondary N) is 1. The molecule has 2 heterocycles. The van der Waals surface area contributed by atoms with E-state index in [4.69, 9.17) is 4.84 Å². The van der Waals surface area contributed by atoms with Crippen LogP contribution in [0, 0.1) is 13.8 Å². The van der Waals surface area contributed by atoms with Crippen LogP contribution in [0.1, 0.15) is 46.3 Å². The second kappa shape index (κ2) is 8.30. The molecule has 1 saturated heterocycles. The van der Waals surface area contributed by atoms with E-state index in [2.05, 4.69) is 10.5 Å². The number of rotatable bonds is 4. The van der Waals surface area contributed by atoms with Gasteiger partial charge in [0.25, 0.3) is 11.8 Å². The van der Waals surface area contributed by atoms with E-state index in [1.807, 2.05) is 67.3 Å². The zero-order valence-electron chi connectivity index (χ0n) is 17.5. The van der Waals surface area contributed by atoms with Gasteiger partial charge in [0, 0.05) is 25.1 Å². The number of aryl methyl sites for hydroxylation is 2. The van der Waals surface area contributed by atoms with E-state index in [-0.39, 0.29) is 11.8 Å². The molecule has 1 N–H and O–H groups in total. The normalized spacial score (nSPS) is 20.6. The number of hydrogen-bond donors (Lipinski definition) is 1. The third-order valence-corrected chi connectivity index (χ3v) is 5.88. The van der Waals surface area contributed by atoms with Crippen LogP contribution in [0.3, 0.4) is 0 Å². The van der Waals surface area contributed by atoms with Gasteiger partial charge in [0.1, 0.15) is 5.71 Å². The third kappa shape index (κ3) is 4.22. The van der Waals surface area contributed by atoms with E-state index in [1.165, 1.54) is 5.56 Å². The lowest BCUT2D eigenvalue weighted by molar-refractivity contribution is -0.115. The molecule has 1 atom stereocenters. The van der Waals surface area contributed by atoms with Crippen molar-refractivity contribution < 1.29 is 14.4 Å². The molecule has 0 saturated carbocycles. The average molecular weight is 405 g/mol. The molecule has 0 radical (unpaired) electrons. The van der Waals surface area contributed by atoms with E-state index in [0.717, 1.165) is 24.0 Å². The Morgan fingerprint density at radius 1 is 1.13 bits per heavy atom. The molecule has 2 aromatic carbocycles. The number of hydrogen-bond acceptors (Lipinski definition) is 4. The molecular formula is C24H27N3O3. The highest BCUT2D eigenvalue weighted by Crippen LogP contribution is 2.34. The second-order valence-electron chi connectivity index (χ2n) is 8.30. The molecule has 2 aliphatic rings.